The van der Waals surface area contributed by atoms with Gasteiger partial charge in [-0.05, 0) is 46.5 Å². The van der Waals surface area contributed by atoms with E-state index in [9.17, 15) is 29.4 Å². The minimum Gasteiger partial charge on any atom is -0.508 e. The van der Waals surface area contributed by atoms with E-state index in [1.165, 1.54) is 12.1 Å². The maximum atomic E-state index is 12.9. The molecule has 0 fully saturated rings. The number of hydrogen-bond donors (Lipinski definition) is 8. The molecule has 4 amide bonds. The second kappa shape index (κ2) is 12.7. The Labute approximate surface area is 213 Å². The Kier molecular flexibility index (Phi) is 9.41. The van der Waals surface area contributed by atoms with E-state index in [4.69, 9.17) is 11.5 Å². The summed E-state index contributed by atoms with van der Waals surface area (Å²) in [5, 5.41) is 31.0. The molecule has 0 aliphatic carbocycles. The second-order valence-corrected chi connectivity index (χ2v) is 8.72. The van der Waals surface area contributed by atoms with Crippen molar-refractivity contribution in [2.24, 2.45) is 11.5 Å². The van der Waals surface area contributed by atoms with Gasteiger partial charge < -0.3 is 42.9 Å². The van der Waals surface area contributed by atoms with E-state index >= 15 is 0 Å². The fourth-order valence-corrected chi connectivity index (χ4v) is 3.88. The standard InChI is InChI=1S/C25H32N6O6/c26-6-8-28-22(34)5-7-29-25(37)19-12-17-10-15(2-4-21(17)33)14-1-3-20(32)16(9-14)11-18(27)24(36)30-13-23(35)31-19/h1-4,9-10,18-19,32-33H,5-8,11-13,26-27H2,(H,28,34)(H,29,37)(H,30,36)(H,31,35). The molecule has 2 atom stereocenters. The number of rotatable bonds is 6. The normalized spacial score (nSPS) is 18.0. The molecule has 1 heterocycles. The first-order chi connectivity index (χ1) is 17.7. The van der Waals surface area contributed by atoms with Crippen molar-refractivity contribution in [3.8, 4) is 22.6 Å². The lowest BCUT2D eigenvalue weighted by atomic mass is 9.95. The van der Waals surface area contributed by atoms with Crippen molar-refractivity contribution in [3.63, 3.8) is 0 Å². The summed E-state index contributed by atoms with van der Waals surface area (Å²) in [6.45, 7) is 0.200. The van der Waals surface area contributed by atoms with Crippen LogP contribution in [0.1, 0.15) is 17.5 Å². The molecule has 0 aromatic heterocycles. The van der Waals surface area contributed by atoms with Gasteiger partial charge in [-0.15, -0.1) is 0 Å². The van der Waals surface area contributed by atoms with Gasteiger partial charge in [-0.2, -0.15) is 0 Å². The molecule has 2 aromatic carbocycles. The summed E-state index contributed by atoms with van der Waals surface area (Å²) in [5.41, 5.74) is 13.6. The van der Waals surface area contributed by atoms with Crippen molar-refractivity contribution in [2.45, 2.75) is 31.3 Å². The number of hydrogen-bond acceptors (Lipinski definition) is 8. The van der Waals surface area contributed by atoms with Gasteiger partial charge in [0, 0.05) is 38.9 Å². The molecule has 0 saturated heterocycles. The van der Waals surface area contributed by atoms with E-state index in [2.05, 4.69) is 21.3 Å². The topological polar surface area (TPSA) is 209 Å². The Balaban J connectivity index is 1.88. The molecule has 0 saturated carbocycles. The third-order valence-electron chi connectivity index (χ3n) is 5.89. The first-order valence-corrected chi connectivity index (χ1v) is 11.9. The lowest BCUT2D eigenvalue weighted by molar-refractivity contribution is -0.130. The number of carbonyl (C=O) groups excluding carboxylic acids is 4. The van der Waals surface area contributed by atoms with Crippen molar-refractivity contribution in [1.82, 2.24) is 21.3 Å². The molecule has 4 bridgehead atoms. The maximum absolute atomic E-state index is 12.9. The van der Waals surface area contributed by atoms with Gasteiger partial charge in [0.25, 0.3) is 0 Å². The highest BCUT2D eigenvalue weighted by Gasteiger charge is 2.24. The fraction of sp³-hybridized carbons (Fsp3) is 0.360. The number of nitrogens with one attached hydrogen (secondary N) is 4. The Morgan fingerprint density at radius 3 is 2.19 bits per heavy atom. The van der Waals surface area contributed by atoms with Crippen LogP contribution >= 0.6 is 0 Å². The van der Waals surface area contributed by atoms with Gasteiger partial charge in [-0.3, -0.25) is 19.2 Å². The quantitative estimate of drug-likeness (QED) is 0.225. The molecule has 2 aromatic rings. The zero-order valence-electron chi connectivity index (χ0n) is 20.3. The Morgan fingerprint density at radius 1 is 0.946 bits per heavy atom. The van der Waals surface area contributed by atoms with Crippen LogP contribution in [0.25, 0.3) is 11.1 Å². The largest absolute Gasteiger partial charge is 0.508 e. The molecule has 1 aliphatic rings. The third kappa shape index (κ3) is 7.66. The summed E-state index contributed by atoms with van der Waals surface area (Å²) >= 11 is 0. The van der Waals surface area contributed by atoms with Crippen LogP contribution in [0, 0.1) is 0 Å². The van der Waals surface area contributed by atoms with E-state index in [0.717, 1.165) is 0 Å². The molecule has 37 heavy (non-hydrogen) atoms. The number of phenolic OH excluding ortho intramolecular Hbond substituents is 2. The van der Waals surface area contributed by atoms with Crippen LogP contribution in [0.5, 0.6) is 11.5 Å². The SMILES string of the molecule is NCCNC(=O)CCNC(=O)C1Cc2cc(ccc2O)-c2ccc(O)c(c2)CC(N)C(=O)NCC(=O)N1. The van der Waals surface area contributed by atoms with Crippen LogP contribution in [0.2, 0.25) is 0 Å². The first kappa shape index (κ1) is 27.4. The van der Waals surface area contributed by atoms with Crippen molar-refractivity contribution in [2.75, 3.05) is 26.2 Å². The van der Waals surface area contributed by atoms with Gasteiger partial charge in [0.15, 0.2) is 0 Å². The van der Waals surface area contributed by atoms with Crippen LogP contribution in [0.4, 0.5) is 0 Å². The van der Waals surface area contributed by atoms with Gasteiger partial charge in [0.1, 0.15) is 17.5 Å². The highest BCUT2D eigenvalue weighted by atomic mass is 16.3. The Morgan fingerprint density at radius 2 is 1.57 bits per heavy atom. The van der Waals surface area contributed by atoms with Gasteiger partial charge in [0.05, 0.1) is 12.6 Å². The van der Waals surface area contributed by atoms with E-state index in [-0.39, 0.29) is 43.2 Å². The Hall–Kier alpha value is -4.16. The van der Waals surface area contributed by atoms with Gasteiger partial charge >= 0.3 is 0 Å². The molecule has 3 rings (SSSR count). The smallest absolute Gasteiger partial charge is 0.242 e. The van der Waals surface area contributed by atoms with Gasteiger partial charge in [0.2, 0.25) is 23.6 Å². The van der Waals surface area contributed by atoms with Crippen molar-refractivity contribution in [1.29, 1.82) is 0 Å². The highest BCUT2D eigenvalue weighted by Crippen LogP contribution is 2.30. The fourth-order valence-electron chi connectivity index (χ4n) is 3.88. The molecule has 2 unspecified atom stereocenters. The second-order valence-electron chi connectivity index (χ2n) is 8.72. The number of fused-ring (bicyclic) bond motifs is 5. The molecule has 1 aliphatic heterocycles. The lowest BCUT2D eigenvalue weighted by Gasteiger charge is -2.20. The zero-order valence-corrected chi connectivity index (χ0v) is 20.3. The van der Waals surface area contributed by atoms with Crippen LogP contribution in [-0.4, -0.2) is 72.1 Å². The number of nitrogens with two attached hydrogens (primary N) is 2. The molecule has 0 spiro atoms. The van der Waals surface area contributed by atoms with Crippen molar-refractivity contribution >= 4 is 23.6 Å². The summed E-state index contributed by atoms with van der Waals surface area (Å²) in [6, 6.07) is 7.57. The number of aromatic hydroxyl groups is 2. The van der Waals surface area contributed by atoms with Crippen LogP contribution in [0.15, 0.2) is 36.4 Å². The van der Waals surface area contributed by atoms with E-state index in [1.807, 2.05) is 0 Å². The minimum absolute atomic E-state index is 0.0181. The summed E-state index contributed by atoms with van der Waals surface area (Å²) in [6.07, 6.45) is -0.0127. The van der Waals surface area contributed by atoms with E-state index < -0.39 is 36.3 Å². The Bertz CT molecular complexity index is 1170. The molecule has 0 radical (unpaired) electrons. The first-order valence-electron chi connectivity index (χ1n) is 11.9. The maximum Gasteiger partial charge on any atom is 0.242 e. The van der Waals surface area contributed by atoms with E-state index in [1.54, 1.807) is 24.3 Å². The number of amides is 4. The third-order valence-corrected chi connectivity index (χ3v) is 5.89. The van der Waals surface area contributed by atoms with Gasteiger partial charge in [-0.1, -0.05) is 12.1 Å². The molecule has 12 heteroatoms. The number of benzene rings is 2. The molecule has 10 N–H and O–H groups in total. The summed E-state index contributed by atoms with van der Waals surface area (Å²) in [4.78, 5) is 49.7. The van der Waals surface area contributed by atoms with Crippen LogP contribution < -0.4 is 32.7 Å². The number of carbonyl (C=O) groups is 4. The zero-order chi connectivity index (χ0) is 26.9. The molecule has 12 nitrogen and oxygen atoms in total. The van der Waals surface area contributed by atoms with Crippen LogP contribution in [0.3, 0.4) is 0 Å². The summed E-state index contributed by atoms with van der Waals surface area (Å²) in [7, 11) is 0. The van der Waals surface area contributed by atoms with Crippen molar-refractivity contribution in [3.05, 3.63) is 47.5 Å². The average molecular weight is 513 g/mol. The predicted octanol–water partition coefficient (Wildman–Crippen LogP) is -1.63. The summed E-state index contributed by atoms with van der Waals surface area (Å²) < 4.78 is 0. The molecule has 198 valence electrons. The van der Waals surface area contributed by atoms with Crippen LogP contribution in [-0.2, 0) is 32.0 Å². The monoisotopic (exact) mass is 512 g/mol. The van der Waals surface area contributed by atoms with E-state index in [0.29, 0.717) is 35.3 Å². The highest BCUT2D eigenvalue weighted by molar-refractivity contribution is 5.91. The van der Waals surface area contributed by atoms with Gasteiger partial charge in [-0.25, -0.2) is 0 Å². The lowest BCUT2D eigenvalue weighted by Crippen LogP contribution is -2.52. The molecular weight excluding hydrogens is 480 g/mol. The predicted molar refractivity (Wildman–Crippen MR) is 135 cm³/mol. The average Bonchev–Trinajstić information content (AvgIpc) is 2.87. The summed E-state index contributed by atoms with van der Waals surface area (Å²) in [5.74, 6) is -2.19. The minimum atomic E-state index is -1.10. The number of phenols is 2. The molecular formula is C25H32N6O6. The van der Waals surface area contributed by atoms with Crippen molar-refractivity contribution < 1.29 is 29.4 Å².